The molecule has 2 aromatic rings. The molecule has 3 amide bonds. The molecule has 2 saturated heterocycles. The van der Waals surface area contributed by atoms with Crippen molar-refractivity contribution < 1.29 is 14.4 Å². The van der Waals surface area contributed by atoms with Crippen LogP contribution in [-0.2, 0) is 22.7 Å². The van der Waals surface area contributed by atoms with Crippen molar-refractivity contribution in [3.63, 3.8) is 0 Å². The second-order valence-corrected chi connectivity index (χ2v) is 9.01. The third-order valence-corrected chi connectivity index (χ3v) is 6.63. The summed E-state index contributed by atoms with van der Waals surface area (Å²) in [7, 11) is 3.98. The fourth-order valence-electron chi connectivity index (χ4n) is 3.75. The Morgan fingerprint density at radius 1 is 1.06 bits per heavy atom. The predicted molar refractivity (Wildman–Crippen MR) is 122 cm³/mol. The Morgan fingerprint density at radius 2 is 1.74 bits per heavy atom. The number of amides is 3. The molecule has 0 spiro atoms. The minimum atomic E-state index is -0.330. The fraction of sp³-hybridized carbons (Fsp3) is 0.348. The maximum absolute atomic E-state index is 12.7. The van der Waals surface area contributed by atoms with Gasteiger partial charge in [0.1, 0.15) is 12.6 Å². The molecule has 0 unspecified atom stereocenters. The second kappa shape index (κ2) is 9.01. The van der Waals surface area contributed by atoms with E-state index in [2.05, 4.69) is 5.32 Å². The topological polar surface area (TPSA) is 73.0 Å². The molecule has 7 nitrogen and oxygen atoms in total. The van der Waals surface area contributed by atoms with Gasteiger partial charge < -0.3 is 20.0 Å². The summed E-state index contributed by atoms with van der Waals surface area (Å²) in [4.78, 5) is 42.7. The zero-order chi connectivity index (χ0) is 22.0. The van der Waals surface area contributed by atoms with Gasteiger partial charge in [0.05, 0.1) is 5.88 Å². The SMILES string of the molecule is CN(C)c1ccc(CNC(=O)c2ccc(CN3CC(=O)N4CSC[C@@H]4C3=O)cc2)cc1. The average molecular weight is 439 g/mol. The van der Waals surface area contributed by atoms with Gasteiger partial charge in [-0.25, -0.2) is 0 Å². The zero-order valence-corrected chi connectivity index (χ0v) is 18.5. The molecule has 2 aliphatic heterocycles. The fourth-order valence-corrected chi connectivity index (χ4v) is 4.92. The Kier molecular flexibility index (Phi) is 6.18. The largest absolute Gasteiger partial charge is 0.378 e. The first-order valence-corrected chi connectivity index (χ1v) is 11.4. The lowest BCUT2D eigenvalue weighted by molar-refractivity contribution is -0.153. The number of thioether (sulfide) groups is 1. The molecule has 0 radical (unpaired) electrons. The summed E-state index contributed by atoms with van der Waals surface area (Å²) in [6, 6.07) is 14.9. The molecule has 0 bridgehead atoms. The van der Waals surface area contributed by atoms with Crippen molar-refractivity contribution in [1.29, 1.82) is 0 Å². The van der Waals surface area contributed by atoms with E-state index < -0.39 is 0 Å². The van der Waals surface area contributed by atoms with Gasteiger partial charge in [0.2, 0.25) is 11.8 Å². The summed E-state index contributed by atoms with van der Waals surface area (Å²) in [6.45, 7) is 0.943. The lowest BCUT2D eigenvalue weighted by Gasteiger charge is -2.35. The van der Waals surface area contributed by atoms with Crippen molar-refractivity contribution >= 4 is 35.2 Å². The molecule has 4 rings (SSSR count). The Hall–Kier alpha value is -3.00. The molecular formula is C23H26N4O3S. The van der Waals surface area contributed by atoms with Crippen LogP contribution >= 0.6 is 11.8 Å². The zero-order valence-electron chi connectivity index (χ0n) is 17.7. The van der Waals surface area contributed by atoms with Crippen molar-refractivity contribution in [1.82, 2.24) is 15.1 Å². The Bertz CT molecular complexity index is 975. The van der Waals surface area contributed by atoms with E-state index in [-0.39, 0.29) is 30.3 Å². The van der Waals surface area contributed by atoms with Gasteiger partial charge in [-0.1, -0.05) is 24.3 Å². The van der Waals surface area contributed by atoms with Crippen LogP contribution in [0.5, 0.6) is 0 Å². The number of hydrogen-bond acceptors (Lipinski definition) is 5. The van der Waals surface area contributed by atoms with Crippen LogP contribution in [-0.4, -0.2) is 65.8 Å². The van der Waals surface area contributed by atoms with Gasteiger partial charge in [-0.15, -0.1) is 11.8 Å². The summed E-state index contributed by atoms with van der Waals surface area (Å²) in [5, 5.41) is 2.93. The van der Waals surface area contributed by atoms with E-state index >= 15 is 0 Å². The summed E-state index contributed by atoms with van der Waals surface area (Å²) < 4.78 is 0. The van der Waals surface area contributed by atoms with Gasteiger partial charge in [0, 0.05) is 44.2 Å². The van der Waals surface area contributed by atoms with Crippen LogP contribution in [0, 0.1) is 0 Å². The molecule has 2 aliphatic rings. The monoisotopic (exact) mass is 438 g/mol. The second-order valence-electron chi connectivity index (χ2n) is 8.01. The average Bonchev–Trinajstić information content (AvgIpc) is 3.27. The van der Waals surface area contributed by atoms with Gasteiger partial charge in [-0.05, 0) is 35.4 Å². The van der Waals surface area contributed by atoms with Gasteiger partial charge in [0.25, 0.3) is 5.91 Å². The lowest BCUT2D eigenvalue weighted by Crippen LogP contribution is -2.57. The highest BCUT2D eigenvalue weighted by Crippen LogP contribution is 2.26. The Labute approximate surface area is 186 Å². The van der Waals surface area contributed by atoms with E-state index in [0.29, 0.717) is 30.3 Å². The first-order chi connectivity index (χ1) is 14.9. The number of piperazine rings is 1. The standard InChI is InChI=1S/C23H26N4O3S/c1-25(2)19-9-5-16(6-10-19)11-24-22(29)18-7-3-17(4-8-18)12-26-13-21(28)27-15-31-14-20(27)23(26)30/h3-10,20H,11-15H2,1-2H3,(H,24,29)/t20-/m1/s1. The van der Waals surface area contributed by atoms with E-state index in [1.54, 1.807) is 33.7 Å². The van der Waals surface area contributed by atoms with Crippen molar-refractivity contribution in [2.24, 2.45) is 0 Å². The predicted octanol–water partition coefficient (Wildman–Crippen LogP) is 1.93. The number of rotatable bonds is 6. The molecule has 8 heteroatoms. The highest BCUT2D eigenvalue weighted by Gasteiger charge is 2.42. The first kappa shape index (κ1) is 21.2. The first-order valence-electron chi connectivity index (χ1n) is 10.2. The number of carbonyl (C=O) groups excluding carboxylic acids is 3. The molecule has 162 valence electrons. The van der Waals surface area contributed by atoms with E-state index in [9.17, 15) is 14.4 Å². The van der Waals surface area contributed by atoms with Crippen LogP contribution in [0.4, 0.5) is 5.69 Å². The van der Waals surface area contributed by atoms with Crippen LogP contribution in [0.1, 0.15) is 21.5 Å². The van der Waals surface area contributed by atoms with Crippen LogP contribution in [0.2, 0.25) is 0 Å². The maximum atomic E-state index is 12.7. The van der Waals surface area contributed by atoms with Crippen molar-refractivity contribution in [2.75, 3.05) is 37.2 Å². The van der Waals surface area contributed by atoms with E-state index in [1.165, 1.54) is 0 Å². The van der Waals surface area contributed by atoms with E-state index in [0.717, 1.165) is 16.8 Å². The molecule has 1 atom stereocenters. The number of nitrogens with zero attached hydrogens (tertiary/aromatic N) is 3. The van der Waals surface area contributed by atoms with E-state index in [1.807, 2.05) is 55.4 Å². The van der Waals surface area contributed by atoms with Crippen molar-refractivity contribution in [2.45, 2.75) is 19.1 Å². The Morgan fingerprint density at radius 3 is 2.42 bits per heavy atom. The number of fused-ring (bicyclic) bond motifs is 1. The number of carbonyl (C=O) groups is 3. The van der Waals surface area contributed by atoms with Crippen molar-refractivity contribution in [3.05, 3.63) is 65.2 Å². The molecule has 0 saturated carbocycles. The smallest absolute Gasteiger partial charge is 0.251 e. The summed E-state index contributed by atoms with van der Waals surface area (Å²) in [5.41, 5.74) is 3.60. The van der Waals surface area contributed by atoms with Crippen LogP contribution in [0.25, 0.3) is 0 Å². The number of nitrogens with one attached hydrogen (secondary N) is 1. The van der Waals surface area contributed by atoms with Crippen LogP contribution in [0.3, 0.4) is 0 Å². The van der Waals surface area contributed by atoms with Crippen molar-refractivity contribution in [3.8, 4) is 0 Å². The highest BCUT2D eigenvalue weighted by atomic mass is 32.2. The molecule has 0 aromatic heterocycles. The minimum absolute atomic E-state index is 0.00390. The molecule has 31 heavy (non-hydrogen) atoms. The number of hydrogen-bond donors (Lipinski definition) is 1. The Balaban J connectivity index is 1.33. The van der Waals surface area contributed by atoms with Gasteiger partial charge in [-0.2, -0.15) is 0 Å². The molecule has 2 heterocycles. The molecular weight excluding hydrogens is 412 g/mol. The molecule has 2 fully saturated rings. The molecule has 1 N–H and O–H groups in total. The number of benzene rings is 2. The minimum Gasteiger partial charge on any atom is -0.378 e. The third-order valence-electron chi connectivity index (χ3n) is 5.62. The van der Waals surface area contributed by atoms with Crippen LogP contribution < -0.4 is 10.2 Å². The normalized spacial score (nSPS) is 18.2. The van der Waals surface area contributed by atoms with Gasteiger partial charge in [-0.3, -0.25) is 14.4 Å². The summed E-state index contributed by atoms with van der Waals surface area (Å²) >= 11 is 1.62. The maximum Gasteiger partial charge on any atom is 0.251 e. The number of anilines is 1. The van der Waals surface area contributed by atoms with Crippen LogP contribution in [0.15, 0.2) is 48.5 Å². The quantitative estimate of drug-likeness (QED) is 0.746. The highest BCUT2D eigenvalue weighted by molar-refractivity contribution is 7.99. The van der Waals surface area contributed by atoms with Gasteiger partial charge in [0.15, 0.2) is 0 Å². The third kappa shape index (κ3) is 4.69. The van der Waals surface area contributed by atoms with Gasteiger partial charge >= 0.3 is 0 Å². The summed E-state index contributed by atoms with van der Waals surface area (Å²) in [6.07, 6.45) is 0. The molecule has 0 aliphatic carbocycles. The lowest BCUT2D eigenvalue weighted by atomic mass is 10.1. The molecule has 2 aromatic carbocycles. The van der Waals surface area contributed by atoms with E-state index in [4.69, 9.17) is 0 Å². The summed E-state index contributed by atoms with van der Waals surface area (Å²) in [5.74, 6) is 1.13.